The number of hydrogen-bond acceptors (Lipinski definition) is 3. The lowest BCUT2D eigenvalue weighted by Gasteiger charge is -2.02. The first-order valence-corrected chi connectivity index (χ1v) is 4.89. The standard InChI is InChI=1S/C11H12N4O/c1-8-4-3-5-10(13-8)14-11(16)9-6-12-15(2)7-9/h3-7H,1-2H3,(H,13,14,16). The van der Waals surface area contributed by atoms with E-state index in [1.165, 1.54) is 6.20 Å². The molecule has 0 spiro atoms. The number of hydrogen-bond donors (Lipinski definition) is 1. The molecule has 0 aliphatic rings. The molecule has 1 amide bonds. The third-order valence-corrected chi connectivity index (χ3v) is 2.10. The van der Waals surface area contributed by atoms with Gasteiger partial charge in [-0.1, -0.05) is 6.07 Å². The molecule has 82 valence electrons. The van der Waals surface area contributed by atoms with Crippen molar-refractivity contribution in [2.45, 2.75) is 6.92 Å². The SMILES string of the molecule is Cc1cccc(NC(=O)c2cnn(C)c2)n1. The number of nitrogens with zero attached hydrogens (tertiary/aromatic N) is 3. The van der Waals surface area contributed by atoms with Crippen molar-refractivity contribution in [3.63, 3.8) is 0 Å². The predicted molar refractivity (Wildman–Crippen MR) is 60.1 cm³/mol. The van der Waals surface area contributed by atoms with Gasteiger partial charge < -0.3 is 5.32 Å². The van der Waals surface area contributed by atoms with Crippen molar-refractivity contribution in [2.24, 2.45) is 7.05 Å². The monoisotopic (exact) mass is 216 g/mol. The number of anilines is 1. The molecule has 0 saturated carbocycles. The van der Waals surface area contributed by atoms with Crippen LogP contribution in [0.5, 0.6) is 0 Å². The third kappa shape index (κ3) is 2.25. The molecule has 0 fully saturated rings. The number of aryl methyl sites for hydroxylation is 2. The van der Waals surface area contributed by atoms with Crippen molar-refractivity contribution in [1.82, 2.24) is 14.8 Å². The largest absolute Gasteiger partial charge is 0.306 e. The van der Waals surface area contributed by atoms with Gasteiger partial charge in [-0.25, -0.2) is 4.98 Å². The summed E-state index contributed by atoms with van der Waals surface area (Å²) in [7, 11) is 1.77. The van der Waals surface area contributed by atoms with E-state index in [2.05, 4.69) is 15.4 Å². The second kappa shape index (κ2) is 4.14. The molecule has 2 aromatic heterocycles. The predicted octanol–water partition coefficient (Wildman–Crippen LogP) is 1.38. The molecular weight excluding hydrogens is 204 g/mol. The highest BCUT2D eigenvalue weighted by Crippen LogP contribution is 2.06. The van der Waals surface area contributed by atoms with Gasteiger partial charge in [0.2, 0.25) is 0 Å². The number of carbonyl (C=O) groups excluding carboxylic acids is 1. The first-order valence-electron chi connectivity index (χ1n) is 4.89. The molecule has 0 aliphatic carbocycles. The maximum absolute atomic E-state index is 11.7. The van der Waals surface area contributed by atoms with E-state index in [0.29, 0.717) is 11.4 Å². The Hall–Kier alpha value is -2.17. The van der Waals surface area contributed by atoms with Crippen LogP contribution < -0.4 is 5.32 Å². The molecule has 2 aromatic rings. The minimum atomic E-state index is -0.203. The van der Waals surface area contributed by atoms with Gasteiger partial charge in [0.15, 0.2) is 0 Å². The van der Waals surface area contributed by atoms with Gasteiger partial charge in [0.05, 0.1) is 11.8 Å². The minimum absolute atomic E-state index is 0.203. The first kappa shape index (κ1) is 10.4. The molecule has 2 heterocycles. The fourth-order valence-corrected chi connectivity index (χ4v) is 1.34. The van der Waals surface area contributed by atoms with E-state index >= 15 is 0 Å². The van der Waals surface area contributed by atoms with E-state index in [0.717, 1.165) is 5.69 Å². The van der Waals surface area contributed by atoms with E-state index in [1.54, 1.807) is 24.0 Å². The van der Waals surface area contributed by atoms with E-state index in [9.17, 15) is 4.79 Å². The van der Waals surface area contributed by atoms with Crippen LogP contribution in [0.4, 0.5) is 5.82 Å². The van der Waals surface area contributed by atoms with Crippen LogP contribution >= 0.6 is 0 Å². The summed E-state index contributed by atoms with van der Waals surface area (Å²) in [4.78, 5) is 15.9. The van der Waals surface area contributed by atoms with Crippen LogP contribution in [0, 0.1) is 6.92 Å². The van der Waals surface area contributed by atoms with Crippen molar-refractivity contribution in [1.29, 1.82) is 0 Å². The van der Waals surface area contributed by atoms with Gasteiger partial charge in [-0.2, -0.15) is 5.10 Å². The summed E-state index contributed by atoms with van der Waals surface area (Å²) in [6.45, 7) is 1.87. The summed E-state index contributed by atoms with van der Waals surface area (Å²) in [5, 5.41) is 6.64. The van der Waals surface area contributed by atoms with Crippen molar-refractivity contribution < 1.29 is 4.79 Å². The lowest BCUT2D eigenvalue weighted by molar-refractivity contribution is 0.102. The average molecular weight is 216 g/mol. The number of amides is 1. The Bertz CT molecular complexity index is 518. The maximum atomic E-state index is 11.7. The molecule has 0 unspecified atom stereocenters. The van der Waals surface area contributed by atoms with Gasteiger partial charge in [-0.15, -0.1) is 0 Å². The molecule has 0 radical (unpaired) electrons. The van der Waals surface area contributed by atoms with Crippen LogP contribution in [-0.2, 0) is 7.05 Å². The molecule has 0 aliphatic heterocycles. The normalized spacial score (nSPS) is 10.1. The number of nitrogens with one attached hydrogen (secondary N) is 1. The maximum Gasteiger partial charge on any atom is 0.260 e. The van der Waals surface area contributed by atoms with Crippen LogP contribution in [0.1, 0.15) is 16.1 Å². The van der Waals surface area contributed by atoms with Crippen LogP contribution in [0.3, 0.4) is 0 Å². The molecule has 0 atom stereocenters. The third-order valence-electron chi connectivity index (χ3n) is 2.10. The molecule has 16 heavy (non-hydrogen) atoms. The fourth-order valence-electron chi connectivity index (χ4n) is 1.34. The van der Waals surface area contributed by atoms with Gasteiger partial charge in [0, 0.05) is 18.9 Å². The van der Waals surface area contributed by atoms with E-state index in [1.807, 2.05) is 19.1 Å². The van der Waals surface area contributed by atoms with E-state index in [4.69, 9.17) is 0 Å². The molecule has 1 N–H and O–H groups in total. The summed E-state index contributed by atoms with van der Waals surface area (Å²) < 4.78 is 1.58. The Morgan fingerprint density at radius 1 is 1.44 bits per heavy atom. The number of rotatable bonds is 2. The second-order valence-corrected chi connectivity index (χ2v) is 3.52. The van der Waals surface area contributed by atoms with Crippen LogP contribution in [0.25, 0.3) is 0 Å². The highest BCUT2D eigenvalue weighted by molar-refractivity contribution is 6.03. The first-order chi connectivity index (χ1) is 7.65. The van der Waals surface area contributed by atoms with Crippen molar-refractivity contribution >= 4 is 11.7 Å². The van der Waals surface area contributed by atoms with Crippen LogP contribution in [0.15, 0.2) is 30.6 Å². The van der Waals surface area contributed by atoms with Gasteiger partial charge >= 0.3 is 0 Å². The molecule has 0 saturated heterocycles. The highest BCUT2D eigenvalue weighted by Gasteiger charge is 2.08. The molecule has 5 nitrogen and oxygen atoms in total. The van der Waals surface area contributed by atoms with Gasteiger partial charge in [0.25, 0.3) is 5.91 Å². The Morgan fingerprint density at radius 2 is 2.25 bits per heavy atom. The smallest absolute Gasteiger partial charge is 0.260 e. The molecule has 2 rings (SSSR count). The molecule has 5 heteroatoms. The Balaban J connectivity index is 2.13. The summed E-state index contributed by atoms with van der Waals surface area (Å²) in [5.41, 5.74) is 1.38. The minimum Gasteiger partial charge on any atom is -0.306 e. The Kier molecular flexibility index (Phi) is 2.68. The molecular formula is C11H12N4O. The van der Waals surface area contributed by atoms with Crippen LogP contribution in [0.2, 0.25) is 0 Å². The zero-order valence-electron chi connectivity index (χ0n) is 9.14. The summed E-state index contributed by atoms with van der Waals surface area (Å²) >= 11 is 0. The number of carbonyl (C=O) groups is 1. The van der Waals surface area contributed by atoms with Gasteiger partial charge in [-0.3, -0.25) is 9.48 Å². The summed E-state index contributed by atoms with van der Waals surface area (Å²) in [5.74, 6) is 0.347. The van der Waals surface area contributed by atoms with E-state index < -0.39 is 0 Å². The molecule has 0 aromatic carbocycles. The van der Waals surface area contributed by atoms with Crippen LogP contribution in [-0.4, -0.2) is 20.7 Å². The number of pyridine rings is 1. The highest BCUT2D eigenvalue weighted by atomic mass is 16.1. The summed E-state index contributed by atoms with van der Waals surface area (Å²) in [6, 6.07) is 5.47. The second-order valence-electron chi connectivity index (χ2n) is 3.52. The van der Waals surface area contributed by atoms with Gasteiger partial charge in [0.1, 0.15) is 5.82 Å². The Morgan fingerprint density at radius 3 is 2.88 bits per heavy atom. The van der Waals surface area contributed by atoms with Crippen molar-refractivity contribution in [3.8, 4) is 0 Å². The summed E-state index contributed by atoms with van der Waals surface area (Å²) in [6.07, 6.45) is 3.18. The number of aromatic nitrogens is 3. The van der Waals surface area contributed by atoms with Crippen molar-refractivity contribution in [2.75, 3.05) is 5.32 Å². The zero-order valence-corrected chi connectivity index (χ0v) is 9.14. The Labute approximate surface area is 93.1 Å². The average Bonchev–Trinajstić information content (AvgIpc) is 2.65. The lowest BCUT2D eigenvalue weighted by atomic mass is 10.3. The molecule has 0 bridgehead atoms. The quantitative estimate of drug-likeness (QED) is 0.824. The fraction of sp³-hybridized carbons (Fsp3) is 0.182. The zero-order chi connectivity index (χ0) is 11.5. The van der Waals surface area contributed by atoms with Gasteiger partial charge in [-0.05, 0) is 19.1 Å². The van der Waals surface area contributed by atoms with E-state index in [-0.39, 0.29) is 5.91 Å². The van der Waals surface area contributed by atoms with Crippen molar-refractivity contribution in [3.05, 3.63) is 41.9 Å². The lowest BCUT2D eigenvalue weighted by Crippen LogP contribution is -2.12. The topological polar surface area (TPSA) is 59.8 Å².